The second-order valence-corrected chi connectivity index (χ2v) is 8.97. The lowest BCUT2D eigenvalue weighted by Crippen LogP contribution is -2.37. The minimum Gasteiger partial charge on any atom is -0.237 e. The van der Waals surface area contributed by atoms with Crippen molar-refractivity contribution in [3.05, 3.63) is 74.9 Å². The van der Waals surface area contributed by atoms with Gasteiger partial charge in [0.2, 0.25) is 25.3 Å². The molecule has 168 valence electrons. The van der Waals surface area contributed by atoms with E-state index in [1.807, 2.05) is 0 Å². The van der Waals surface area contributed by atoms with Crippen LogP contribution in [0.25, 0.3) is 0 Å². The summed E-state index contributed by atoms with van der Waals surface area (Å²) in [6.07, 6.45) is 31.1. The van der Waals surface area contributed by atoms with Crippen LogP contribution in [0.15, 0.2) is 74.9 Å². The molecule has 5 heterocycles. The molecule has 5 rings (SSSR count). The largest absolute Gasteiger partial charge is 0.243 e. The van der Waals surface area contributed by atoms with E-state index in [4.69, 9.17) is 0 Å². The predicted molar refractivity (Wildman–Crippen MR) is 117 cm³/mol. The molecule has 8 heteroatoms. The fraction of sp³-hybridized carbons (Fsp3) is 0.500. The Labute approximate surface area is 189 Å². The highest BCUT2D eigenvalue weighted by Crippen LogP contribution is 1.97. The molecular formula is C24H36N8+4. The van der Waals surface area contributed by atoms with Gasteiger partial charge in [-0.1, -0.05) is 0 Å². The Balaban J connectivity index is 1.23. The number of nitrogens with zero attached hydrogens (tertiary/aromatic N) is 8. The molecule has 0 aliphatic carbocycles. The number of hydrogen-bond acceptors (Lipinski definition) is 0. The van der Waals surface area contributed by atoms with E-state index in [0.29, 0.717) is 0 Å². The summed E-state index contributed by atoms with van der Waals surface area (Å²) in [6, 6.07) is 0. The first-order chi connectivity index (χ1) is 15.8. The molecule has 4 aromatic heterocycles. The van der Waals surface area contributed by atoms with Crippen LogP contribution in [0, 0.1) is 0 Å². The first-order valence-corrected chi connectivity index (χ1v) is 12.0. The van der Waals surface area contributed by atoms with Gasteiger partial charge < -0.3 is 0 Å². The molecule has 1 aliphatic heterocycles. The summed E-state index contributed by atoms with van der Waals surface area (Å²) in [7, 11) is 0. The lowest BCUT2D eigenvalue weighted by atomic mass is 10.4. The van der Waals surface area contributed by atoms with Crippen molar-refractivity contribution in [1.82, 2.24) is 18.3 Å². The van der Waals surface area contributed by atoms with Crippen LogP contribution >= 0.6 is 0 Å². The first-order valence-electron chi connectivity index (χ1n) is 12.0. The number of aryl methyl sites for hydroxylation is 8. The molecule has 0 fully saturated rings. The quantitative estimate of drug-likeness (QED) is 0.364. The summed E-state index contributed by atoms with van der Waals surface area (Å²) in [5, 5.41) is 0. The zero-order chi connectivity index (χ0) is 21.6. The highest BCUT2D eigenvalue weighted by Gasteiger charge is 2.10. The van der Waals surface area contributed by atoms with E-state index in [9.17, 15) is 0 Å². The zero-order valence-corrected chi connectivity index (χ0v) is 19.0. The number of rotatable bonds is 0. The van der Waals surface area contributed by atoms with Crippen molar-refractivity contribution >= 4 is 0 Å². The van der Waals surface area contributed by atoms with Crippen molar-refractivity contribution < 1.29 is 18.3 Å². The third-order valence-corrected chi connectivity index (χ3v) is 6.32. The molecule has 0 saturated carbocycles. The molecule has 0 radical (unpaired) electrons. The molecule has 1 aliphatic rings. The molecule has 32 heavy (non-hydrogen) atoms. The van der Waals surface area contributed by atoms with Gasteiger partial charge >= 0.3 is 0 Å². The molecule has 0 amide bonds. The van der Waals surface area contributed by atoms with Gasteiger partial charge in [-0.15, -0.1) is 0 Å². The lowest BCUT2D eigenvalue weighted by molar-refractivity contribution is -0.726. The maximum absolute atomic E-state index is 2.31. The lowest BCUT2D eigenvalue weighted by Gasteiger charge is -1.98. The van der Waals surface area contributed by atoms with Crippen LogP contribution in [0.2, 0.25) is 0 Å². The van der Waals surface area contributed by atoms with Gasteiger partial charge in [0.1, 0.15) is 49.6 Å². The fourth-order valence-electron chi connectivity index (χ4n) is 4.56. The van der Waals surface area contributed by atoms with E-state index in [0.717, 1.165) is 78.0 Å². The number of imidazole rings is 4. The summed E-state index contributed by atoms with van der Waals surface area (Å²) in [4.78, 5) is 0. The molecule has 0 saturated heterocycles. The van der Waals surface area contributed by atoms with Crippen molar-refractivity contribution in [2.24, 2.45) is 0 Å². The Kier molecular flexibility index (Phi) is 6.46. The summed E-state index contributed by atoms with van der Waals surface area (Å²) in [6.45, 7) is 8.42. The Bertz CT molecular complexity index is 864. The average molecular weight is 437 g/mol. The first kappa shape index (κ1) is 20.7. The van der Waals surface area contributed by atoms with Gasteiger partial charge in [0.25, 0.3) is 0 Å². The summed E-state index contributed by atoms with van der Waals surface area (Å²) in [5.41, 5.74) is 0. The highest BCUT2D eigenvalue weighted by atomic mass is 15.2. The molecule has 0 atom stereocenters. The molecule has 4 aromatic rings. The number of hydrogen-bond donors (Lipinski definition) is 0. The minimum atomic E-state index is 1.05. The summed E-state index contributed by atoms with van der Waals surface area (Å²) in [5.74, 6) is 0. The Morgan fingerprint density at radius 2 is 0.688 bits per heavy atom. The van der Waals surface area contributed by atoms with E-state index in [1.54, 1.807) is 0 Å². The Morgan fingerprint density at radius 1 is 0.375 bits per heavy atom. The summed E-state index contributed by atoms with van der Waals surface area (Å²) >= 11 is 0. The van der Waals surface area contributed by atoms with Gasteiger partial charge in [-0.25, -0.2) is 36.5 Å². The monoisotopic (exact) mass is 436 g/mol. The minimum absolute atomic E-state index is 1.05. The van der Waals surface area contributed by atoms with Gasteiger partial charge in [-0.05, 0) is 0 Å². The smallest absolute Gasteiger partial charge is 0.237 e. The molecule has 0 N–H and O–H groups in total. The van der Waals surface area contributed by atoms with E-state index < -0.39 is 0 Å². The SMILES string of the molecule is c1c[n+]2cn1CCCn1cc[n+](c1)CCCn1cc[n+](c1)CCC[n+]1ccn(c1)CCC2. The Hall–Kier alpha value is -3.16. The molecular weight excluding hydrogens is 400 g/mol. The topological polar surface area (TPSA) is 35.2 Å². The van der Waals surface area contributed by atoms with Gasteiger partial charge in [-0.3, -0.25) is 0 Å². The van der Waals surface area contributed by atoms with Crippen molar-refractivity contribution in [3.63, 3.8) is 0 Å². The molecule has 8 bridgehead atoms. The van der Waals surface area contributed by atoms with Crippen LogP contribution in [0.5, 0.6) is 0 Å². The highest BCUT2D eigenvalue weighted by molar-refractivity contribution is 4.70. The second kappa shape index (κ2) is 9.97. The fourth-order valence-corrected chi connectivity index (χ4v) is 4.56. The van der Waals surface area contributed by atoms with Crippen LogP contribution in [-0.2, 0) is 52.4 Å². The van der Waals surface area contributed by atoms with Crippen LogP contribution in [-0.4, -0.2) is 18.3 Å². The van der Waals surface area contributed by atoms with Crippen LogP contribution in [0.1, 0.15) is 25.7 Å². The Morgan fingerprint density at radius 3 is 1.06 bits per heavy atom. The number of aromatic nitrogens is 8. The van der Waals surface area contributed by atoms with Crippen molar-refractivity contribution in [3.8, 4) is 0 Å². The molecule has 0 spiro atoms. The van der Waals surface area contributed by atoms with Gasteiger partial charge in [0, 0.05) is 25.7 Å². The normalized spacial score (nSPS) is 16.5. The van der Waals surface area contributed by atoms with Crippen molar-refractivity contribution in [1.29, 1.82) is 0 Å². The molecule has 8 nitrogen and oxygen atoms in total. The van der Waals surface area contributed by atoms with E-state index >= 15 is 0 Å². The maximum Gasteiger partial charge on any atom is 0.243 e. The van der Waals surface area contributed by atoms with Gasteiger partial charge in [0.15, 0.2) is 0 Å². The maximum atomic E-state index is 2.31. The summed E-state index contributed by atoms with van der Waals surface area (Å²) < 4.78 is 18.5. The predicted octanol–water partition coefficient (Wildman–Crippen LogP) is 0.717. The van der Waals surface area contributed by atoms with Crippen LogP contribution in [0.3, 0.4) is 0 Å². The van der Waals surface area contributed by atoms with E-state index in [-0.39, 0.29) is 0 Å². The average Bonchev–Trinajstić information content (AvgIpc) is 3.57. The van der Waals surface area contributed by atoms with Crippen molar-refractivity contribution in [2.45, 2.75) is 78.0 Å². The molecule has 0 unspecified atom stereocenters. The van der Waals surface area contributed by atoms with Gasteiger partial charge in [-0.2, -0.15) is 0 Å². The second-order valence-electron chi connectivity index (χ2n) is 8.97. The third kappa shape index (κ3) is 5.55. The zero-order valence-electron chi connectivity index (χ0n) is 19.0. The van der Waals surface area contributed by atoms with Gasteiger partial charge in [0.05, 0.1) is 52.4 Å². The van der Waals surface area contributed by atoms with Crippen molar-refractivity contribution in [2.75, 3.05) is 0 Å². The molecule has 0 aromatic carbocycles. The standard InChI is InChI=1S/C24H36N8/c1-5-25-13-15-27(21-25)7-2-9-29-17-19-31(23-29)11-4-12-32-20-18-30(24-32)10-3-8-28-16-14-26(6-1)22-28/h13-24H,1-12H2/q+4. The van der Waals surface area contributed by atoms with E-state index in [2.05, 4.69) is 111 Å². The van der Waals surface area contributed by atoms with Crippen LogP contribution in [0.4, 0.5) is 0 Å². The number of fused-ring (bicyclic) bond motifs is 8. The van der Waals surface area contributed by atoms with E-state index in [1.165, 1.54) is 0 Å². The van der Waals surface area contributed by atoms with Crippen LogP contribution < -0.4 is 18.3 Å². The third-order valence-electron chi connectivity index (χ3n) is 6.32.